The first-order valence-electron chi connectivity index (χ1n) is 6.29. The Balaban J connectivity index is 2.69. The van der Waals surface area contributed by atoms with Crippen molar-refractivity contribution in [3.63, 3.8) is 0 Å². The lowest BCUT2D eigenvalue weighted by atomic mass is 9.98. The lowest BCUT2D eigenvalue weighted by Crippen LogP contribution is -2.42. The van der Waals surface area contributed by atoms with Crippen LogP contribution in [-0.2, 0) is 0 Å². The third-order valence-corrected chi connectivity index (χ3v) is 2.89. The van der Waals surface area contributed by atoms with Gasteiger partial charge in [-0.25, -0.2) is 0 Å². The van der Waals surface area contributed by atoms with E-state index in [0.29, 0.717) is 0 Å². The van der Waals surface area contributed by atoms with E-state index in [1.165, 1.54) is 0 Å². The van der Waals surface area contributed by atoms with Gasteiger partial charge in [0.2, 0.25) is 0 Å². The minimum atomic E-state index is -0.523. The molecule has 3 atom stereocenters. The molecule has 0 spiro atoms. The smallest absolute Gasteiger partial charge is 0.0943 e. The molecular formula is C14H23NO2. The lowest BCUT2D eigenvalue weighted by molar-refractivity contribution is 0.109. The summed E-state index contributed by atoms with van der Waals surface area (Å²) in [5.74, 6) is 0. The SMILES string of the molecule is CCC[C@@H](N[C@@H](C)CO)C(O)c1ccccc1. The molecule has 1 aromatic rings. The molecule has 0 aliphatic carbocycles. The standard InChI is InChI=1S/C14H23NO2/c1-3-7-13(15-11(2)10-16)14(17)12-8-5-4-6-9-12/h4-6,8-9,11,13-17H,3,7,10H2,1-2H3/t11-,13+,14?/m0/s1. The summed E-state index contributed by atoms with van der Waals surface area (Å²) >= 11 is 0. The average Bonchev–Trinajstić information content (AvgIpc) is 2.38. The molecule has 0 fully saturated rings. The molecule has 0 amide bonds. The van der Waals surface area contributed by atoms with Crippen molar-refractivity contribution < 1.29 is 10.2 Å². The summed E-state index contributed by atoms with van der Waals surface area (Å²) in [6, 6.07) is 9.65. The van der Waals surface area contributed by atoms with Crippen LogP contribution in [0.2, 0.25) is 0 Å². The van der Waals surface area contributed by atoms with E-state index in [2.05, 4.69) is 12.2 Å². The highest BCUT2D eigenvalue weighted by molar-refractivity contribution is 5.18. The van der Waals surface area contributed by atoms with Crippen LogP contribution in [0.5, 0.6) is 0 Å². The molecule has 17 heavy (non-hydrogen) atoms. The molecule has 3 nitrogen and oxygen atoms in total. The molecule has 1 rings (SSSR count). The van der Waals surface area contributed by atoms with E-state index >= 15 is 0 Å². The van der Waals surface area contributed by atoms with Crippen LogP contribution in [0.3, 0.4) is 0 Å². The van der Waals surface area contributed by atoms with Gasteiger partial charge in [0.05, 0.1) is 12.7 Å². The third-order valence-electron chi connectivity index (χ3n) is 2.89. The minimum absolute atomic E-state index is 0.00455. The fourth-order valence-electron chi connectivity index (χ4n) is 1.94. The Morgan fingerprint density at radius 2 is 1.88 bits per heavy atom. The van der Waals surface area contributed by atoms with Crippen LogP contribution in [0.1, 0.15) is 38.4 Å². The first-order valence-corrected chi connectivity index (χ1v) is 6.29. The quantitative estimate of drug-likeness (QED) is 0.678. The van der Waals surface area contributed by atoms with E-state index in [4.69, 9.17) is 5.11 Å². The average molecular weight is 237 g/mol. The molecule has 1 unspecified atom stereocenters. The minimum Gasteiger partial charge on any atom is -0.395 e. The molecule has 0 bridgehead atoms. The summed E-state index contributed by atoms with van der Waals surface area (Å²) in [5.41, 5.74) is 0.920. The Bertz CT molecular complexity index is 302. The number of benzene rings is 1. The Morgan fingerprint density at radius 1 is 1.24 bits per heavy atom. The number of rotatable bonds is 7. The molecule has 3 N–H and O–H groups in total. The van der Waals surface area contributed by atoms with Crippen molar-refractivity contribution in [2.45, 2.75) is 44.9 Å². The zero-order valence-corrected chi connectivity index (χ0v) is 10.6. The van der Waals surface area contributed by atoms with Crippen LogP contribution in [0, 0.1) is 0 Å². The molecule has 96 valence electrons. The molecule has 3 heteroatoms. The van der Waals surface area contributed by atoms with Gasteiger partial charge in [0, 0.05) is 12.1 Å². The highest BCUT2D eigenvalue weighted by atomic mass is 16.3. The highest BCUT2D eigenvalue weighted by Gasteiger charge is 2.21. The monoisotopic (exact) mass is 237 g/mol. The van der Waals surface area contributed by atoms with Crippen LogP contribution in [-0.4, -0.2) is 28.9 Å². The molecule has 0 heterocycles. The summed E-state index contributed by atoms with van der Waals surface area (Å²) in [4.78, 5) is 0. The van der Waals surface area contributed by atoms with E-state index in [1.54, 1.807) is 0 Å². The molecular weight excluding hydrogens is 214 g/mol. The predicted octanol–water partition coefficient (Wildman–Crippen LogP) is 1.86. The van der Waals surface area contributed by atoms with E-state index < -0.39 is 6.10 Å². The molecule has 0 aliphatic rings. The number of aliphatic hydroxyl groups is 2. The first-order chi connectivity index (χ1) is 8.19. The fourth-order valence-corrected chi connectivity index (χ4v) is 1.94. The summed E-state index contributed by atoms with van der Waals surface area (Å²) in [5, 5.41) is 22.6. The van der Waals surface area contributed by atoms with E-state index in [-0.39, 0.29) is 18.7 Å². The van der Waals surface area contributed by atoms with Gasteiger partial charge >= 0.3 is 0 Å². The van der Waals surface area contributed by atoms with Crippen LogP contribution < -0.4 is 5.32 Å². The van der Waals surface area contributed by atoms with Crippen molar-refractivity contribution in [1.29, 1.82) is 0 Å². The second kappa shape index (κ2) is 7.43. The number of hydrogen-bond acceptors (Lipinski definition) is 3. The summed E-state index contributed by atoms with van der Waals surface area (Å²) in [7, 11) is 0. The van der Waals surface area contributed by atoms with Gasteiger partial charge in [-0.3, -0.25) is 0 Å². The van der Waals surface area contributed by atoms with Gasteiger partial charge in [0.15, 0.2) is 0 Å². The number of hydrogen-bond donors (Lipinski definition) is 3. The summed E-state index contributed by atoms with van der Waals surface area (Å²) in [6.45, 7) is 4.10. The zero-order chi connectivity index (χ0) is 12.7. The molecule has 0 saturated heterocycles. The van der Waals surface area contributed by atoms with Crippen LogP contribution >= 0.6 is 0 Å². The lowest BCUT2D eigenvalue weighted by Gasteiger charge is -2.27. The van der Waals surface area contributed by atoms with Gasteiger partial charge in [-0.1, -0.05) is 43.7 Å². The fraction of sp³-hybridized carbons (Fsp3) is 0.571. The van der Waals surface area contributed by atoms with Gasteiger partial charge in [-0.05, 0) is 18.9 Å². The zero-order valence-electron chi connectivity index (χ0n) is 10.6. The Kier molecular flexibility index (Phi) is 6.19. The van der Waals surface area contributed by atoms with E-state index in [0.717, 1.165) is 18.4 Å². The Hall–Kier alpha value is -0.900. The highest BCUT2D eigenvalue weighted by Crippen LogP contribution is 2.20. The van der Waals surface area contributed by atoms with Gasteiger partial charge in [0.1, 0.15) is 0 Å². The van der Waals surface area contributed by atoms with Crippen LogP contribution in [0.15, 0.2) is 30.3 Å². The maximum atomic E-state index is 10.3. The normalized spacial score (nSPS) is 16.5. The molecule has 0 saturated carbocycles. The maximum absolute atomic E-state index is 10.3. The molecule has 1 aromatic carbocycles. The van der Waals surface area contributed by atoms with Crippen molar-refractivity contribution in [3.05, 3.63) is 35.9 Å². The van der Waals surface area contributed by atoms with E-state index in [1.807, 2.05) is 37.3 Å². The Morgan fingerprint density at radius 3 is 2.41 bits per heavy atom. The predicted molar refractivity (Wildman–Crippen MR) is 69.8 cm³/mol. The third kappa shape index (κ3) is 4.46. The molecule has 0 aromatic heterocycles. The molecule has 0 radical (unpaired) electrons. The van der Waals surface area contributed by atoms with Gasteiger partial charge in [0.25, 0.3) is 0 Å². The summed E-state index contributed by atoms with van der Waals surface area (Å²) < 4.78 is 0. The van der Waals surface area contributed by atoms with Crippen LogP contribution in [0.25, 0.3) is 0 Å². The van der Waals surface area contributed by atoms with Crippen molar-refractivity contribution in [2.24, 2.45) is 0 Å². The van der Waals surface area contributed by atoms with Crippen molar-refractivity contribution in [2.75, 3.05) is 6.61 Å². The topological polar surface area (TPSA) is 52.5 Å². The van der Waals surface area contributed by atoms with Crippen LogP contribution in [0.4, 0.5) is 0 Å². The van der Waals surface area contributed by atoms with Gasteiger partial charge < -0.3 is 15.5 Å². The maximum Gasteiger partial charge on any atom is 0.0943 e. The second-order valence-electron chi connectivity index (χ2n) is 4.50. The first kappa shape index (κ1) is 14.2. The van der Waals surface area contributed by atoms with Crippen molar-refractivity contribution in [1.82, 2.24) is 5.32 Å². The van der Waals surface area contributed by atoms with Gasteiger partial charge in [-0.2, -0.15) is 0 Å². The second-order valence-corrected chi connectivity index (χ2v) is 4.50. The largest absolute Gasteiger partial charge is 0.395 e. The van der Waals surface area contributed by atoms with Crippen molar-refractivity contribution >= 4 is 0 Å². The number of aliphatic hydroxyl groups excluding tert-OH is 2. The van der Waals surface area contributed by atoms with Gasteiger partial charge in [-0.15, -0.1) is 0 Å². The molecule has 0 aliphatic heterocycles. The van der Waals surface area contributed by atoms with Crippen molar-refractivity contribution in [3.8, 4) is 0 Å². The Labute approximate surface area is 103 Å². The van der Waals surface area contributed by atoms with E-state index in [9.17, 15) is 5.11 Å². The number of nitrogens with one attached hydrogen (secondary N) is 1. The summed E-state index contributed by atoms with van der Waals surface area (Å²) in [6.07, 6.45) is 1.37.